The van der Waals surface area contributed by atoms with Gasteiger partial charge in [0.15, 0.2) is 0 Å². The van der Waals surface area contributed by atoms with Crippen molar-refractivity contribution in [1.29, 1.82) is 0 Å². The van der Waals surface area contributed by atoms with Crippen molar-refractivity contribution in [2.24, 2.45) is 0 Å². The van der Waals surface area contributed by atoms with E-state index < -0.39 is 0 Å². The number of amides is 1. The number of fused-ring (bicyclic) bond motifs is 1. The van der Waals surface area contributed by atoms with Crippen molar-refractivity contribution in [3.63, 3.8) is 0 Å². The van der Waals surface area contributed by atoms with Crippen molar-refractivity contribution in [3.8, 4) is 0 Å². The number of piperidine rings is 1. The molecule has 1 amide bonds. The Kier molecular flexibility index (Phi) is 5.00. The Morgan fingerprint density at radius 2 is 2.00 bits per heavy atom. The van der Waals surface area contributed by atoms with Gasteiger partial charge in [-0.1, -0.05) is 24.3 Å². The number of nitrogens with zero attached hydrogens (tertiary/aromatic N) is 2. The summed E-state index contributed by atoms with van der Waals surface area (Å²) in [5, 5.41) is 1.05. The van der Waals surface area contributed by atoms with Crippen molar-refractivity contribution >= 4 is 27.5 Å². The first-order chi connectivity index (χ1) is 12.8. The van der Waals surface area contributed by atoms with Crippen LogP contribution in [0.25, 0.3) is 10.2 Å². The van der Waals surface area contributed by atoms with Crippen LogP contribution < -0.4 is 0 Å². The van der Waals surface area contributed by atoms with Crippen LogP contribution in [0.1, 0.15) is 46.2 Å². The van der Waals surface area contributed by atoms with Crippen LogP contribution in [0.4, 0.5) is 0 Å². The van der Waals surface area contributed by atoms with Crippen molar-refractivity contribution in [2.45, 2.75) is 31.9 Å². The average Bonchev–Trinajstić information content (AvgIpc) is 3.12. The second-order valence-corrected chi connectivity index (χ2v) is 7.72. The third kappa shape index (κ3) is 3.37. The highest BCUT2D eigenvalue weighted by Crippen LogP contribution is 2.36. The summed E-state index contributed by atoms with van der Waals surface area (Å²) in [5.74, 6) is 0.0953. The zero-order valence-electron chi connectivity index (χ0n) is 14.9. The number of hydrogen-bond acceptors (Lipinski definition) is 4. The van der Waals surface area contributed by atoms with Gasteiger partial charge in [0.2, 0.25) is 0 Å². The van der Waals surface area contributed by atoms with Gasteiger partial charge in [0.1, 0.15) is 5.01 Å². The fourth-order valence-corrected chi connectivity index (χ4v) is 4.66. The molecule has 0 N–H and O–H groups in total. The maximum Gasteiger partial charge on any atom is 0.254 e. The molecule has 4 rings (SSSR count). The maximum atomic E-state index is 13.1. The molecule has 0 bridgehead atoms. The summed E-state index contributed by atoms with van der Waals surface area (Å²) in [4.78, 5) is 20.0. The molecule has 1 saturated heterocycles. The SMILES string of the molecule is COCc1ccc(C(=O)N2CCCCC2c2nc3ccccc3s2)cc1. The molecule has 1 unspecified atom stereocenters. The predicted molar refractivity (Wildman–Crippen MR) is 104 cm³/mol. The number of rotatable bonds is 4. The second kappa shape index (κ2) is 7.56. The number of methoxy groups -OCH3 is 1. The highest BCUT2D eigenvalue weighted by atomic mass is 32.1. The molecule has 2 aromatic carbocycles. The second-order valence-electron chi connectivity index (χ2n) is 6.66. The van der Waals surface area contributed by atoms with E-state index in [0.29, 0.717) is 6.61 Å². The first kappa shape index (κ1) is 17.2. The Morgan fingerprint density at radius 3 is 2.77 bits per heavy atom. The van der Waals surface area contributed by atoms with E-state index in [4.69, 9.17) is 9.72 Å². The number of carbonyl (C=O) groups excluding carboxylic acids is 1. The Hall–Kier alpha value is -2.24. The molecule has 0 saturated carbocycles. The zero-order chi connectivity index (χ0) is 17.9. The summed E-state index contributed by atoms with van der Waals surface area (Å²) in [5.41, 5.74) is 2.83. The Labute approximate surface area is 157 Å². The summed E-state index contributed by atoms with van der Waals surface area (Å²) in [6, 6.07) is 16.0. The third-order valence-corrected chi connectivity index (χ3v) is 6.01. The highest BCUT2D eigenvalue weighted by molar-refractivity contribution is 7.18. The van der Waals surface area contributed by atoms with E-state index in [1.165, 1.54) is 4.70 Å². The molecule has 1 atom stereocenters. The highest BCUT2D eigenvalue weighted by Gasteiger charge is 2.30. The van der Waals surface area contributed by atoms with Crippen LogP contribution in [0.2, 0.25) is 0 Å². The maximum absolute atomic E-state index is 13.1. The van der Waals surface area contributed by atoms with E-state index in [0.717, 1.165) is 47.5 Å². The average molecular weight is 366 g/mol. The van der Waals surface area contributed by atoms with E-state index in [1.54, 1.807) is 18.4 Å². The van der Waals surface area contributed by atoms with E-state index in [2.05, 4.69) is 6.07 Å². The number of benzene rings is 2. The van der Waals surface area contributed by atoms with Gasteiger partial charge in [-0.15, -0.1) is 11.3 Å². The topological polar surface area (TPSA) is 42.4 Å². The summed E-state index contributed by atoms with van der Waals surface area (Å²) < 4.78 is 6.33. The van der Waals surface area contributed by atoms with Crippen molar-refractivity contribution in [2.75, 3.05) is 13.7 Å². The first-order valence-corrected chi connectivity index (χ1v) is 9.82. The van der Waals surface area contributed by atoms with Crippen LogP contribution in [0.15, 0.2) is 48.5 Å². The van der Waals surface area contributed by atoms with E-state index >= 15 is 0 Å². The van der Waals surface area contributed by atoms with Gasteiger partial charge in [0.25, 0.3) is 5.91 Å². The molecule has 0 radical (unpaired) electrons. The van der Waals surface area contributed by atoms with Crippen molar-refractivity contribution in [1.82, 2.24) is 9.88 Å². The van der Waals surface area contributed by atoms with Gasteiger partial charge >= 0.3 is 0 Å². The monoisotopic (exact) mass is 366 g/mol. The zero-order valence-corrected chi connectivity index (χ0v) is 15.7. The molecule has 1 aromatic heterocycles. The molecule has 0 spiro atoms. The molecular weight excluding hydrogens is 344 g/mol. The van der Waals surface area contributed by atoms with Crippen molar-refractivity contribution < 1.29 is 9.53 Å². The third-order valence-electron chi connectivity index (χ3n) is 4.87. The van der Waals surface area contributed by atoms with Gasteiger partial charge in [-0.05, 0) is 49.1 Å². The predicted octanol–water partition coefficient (Wildman–Crippen LogP) is 4.81. The van der Waals surface area contributed by atoms with Gasteiger partial charge in [-0.25, -0.2) is 4.98 Å². The number of aromatic nitrogens is 1. The lowest BCUT2D eigenvalue weighted by Crippen LogP contribution is -2.38. The summed E-state index contributed by atoms with van der Waals surface area (Å²) in [6.45, 7) is 1.35. The molecule has 4 nitrogen and oxygen atoms in total. The normalized spacial score (nSPS) is 17.6. The van der Waals surface area contributed by atoms with E-state index in [1.807, 2.05) is 47.4 Å². The quantitative estimate of drug-likeness (QED) is 0.665. The van der Waals surface area contributed by atoms with Gasteiger partial charge in [0.05, 0.1) is 22.9 Å². The molecule has 134 valence electrons. The molecule has 5 heteroatoms. The van der Waals surface area contributed by atoms with E-state index in [9.17, 15) is 4.79 Å². The van der Waals surface area contributed by atoms with Crippen LogP contribution in [-0.4, -0.2) is 29.4 Å². The molecule has 26 heavy (non-hydrogen) atoms. The van der Waals surface area contributed by atoms with Crippen molar-refractivity contribution in [3.05, 3.63) is 64.7 Å². The molecule has 1 aliphatic rings. The summed E-state index contributed by atoms with van der Waals surface area (Å²) in [6.07, 6.45) is 3.17. The van der Waals surface area contributed by atoms with Gasteiger partial charge < -0.3 is 9.64 Å². The minimum absolute atomic E-state index is 0.0762. The number of likely N-dealkylation sites (tertiary alicyclic amines) is 1. The fraction of sp³-hybridized carbons (Fsp3) is 0.333. The lowest BCUT2D eigenvalue weighted by molar-refractivity contribution is 0.0611. The minimum atomic E-state index is 0.0762. The lowest BCUT2D eigenvalue weighted by Gasteiger charge is -2.34. The lowest BCUT2D eigenvalue weighted by atomic mass is 10.0. The number of carbonyl (C=O) groups is 1. The summed E-state index contributed by atoms with van der Waals surface area (Å²) in [7, 11) is 1.68. The molecule has 0 aliphatic carbocycles. The Balaban J connectivity index is 1.61. The largest absolute Gasteiger partial charge is 0.380 e. The Morgan fingerprint density at radius 1 is 1.19 bits per heavy atom. The van der Waals surface area contributed by atoms with Crippen LogP contribution in [0, 0.1) is 0 Å². The molecule has 1 fully saturated rings. The number of para-hydroxylation sites is 1. The van der Waals surface area contributed by atoms with Gasteiger partial charge in [0, 0.05) is 19.2 Å². The molecule has 3 aromatic rings. The molecule has 1 aliphatic heterocycles. The summed E-state index contributed by atoms with van der Waals surface area (Å²) >= 11 is 1.71. The standard InChI is InChI=1S/C21H22N2O2S/c1-25-14-15-9-11-16(12-10-15)21(24)23-13-5-4-7-18(23)20-22-17-6-2-3-8-19(17)26-20/h2-3,6,8-12,18H,4-5,7,13-14H2,1H3. The smallest absolute Gasteiger partial charge is 0.254 e. The minimum Gasteiger partial charge on any atom is -0.380 e. The number of hydrogen-bond donors (Lipinski definition) is 0. The molecular formula is C21H22N2O2S. The fourth-order valence-electron chi connectivity index (χ4n) is 3.54. The van der Waals surface area contributed by atoms with Gasteiger partial charge in [-0.2, -0.15) is 0 Å². The van der Waals surface area contributed by atoms with Gasteiger partial charge in [-0.3, -0.25) is 4.79 Å². The van der Waals surface area contributed by atoms with Crippen LogP contribution in [-0.2, 0) is 11.3 Å². The van der Waals surface area contributed by atoms with Crippen LogP contribution in [0.3, 0.4) is 0 Å². The number of thiazole rings is 1. The first-order valence-electron chi connectivity index (χ1n) is 9.00. The van der Waals surface area contributed by atoms with Crippen LogP contribution in [0.5, 0.6) is 0 Å². The Bertz CT molecular complexity index is 871. The van der Waals surface area contributed by atoms with Crippen LogP contribution >= 0.6 is 11.3 Å². The van der Waals surface area contributed by atoms with E-state index in [-0.39, 0.29) is 11.9 Å². The number of ether oxygens (including phenoxy) is 1. The molecule has 2 heterocycles.